The second kappa shape index (κ2) is 9.34. The number of hydrogen-bond donors (Lipinski definition) is 0. The Hall–Kier alpha value is -2.91. The highest BCUT2D eigenvalue weighted by atomic mass is 19.1. The highest BCUT2D eigenvalue weighted by Crippen LogP contribution is 2.24. The molecular formula is C25H25FO2. The van der Waals surface area contributed by atoms with Gasteiger partial charge in [-0.15, -0.1) is 0 Å². The zero-order chi connectivity index (χ0) is 19.8. The van der Waals surface area contributed by atoms with E-state index in [0.717, 1.165) is 22.6 Å². The molecule has 0 amide bonds. The average Bonchev–Trinajstić information content (AvgIpc) is 2.68. The summed E-state index contributed by atoms with van der Waals surface area (Å²) < 4.78 is 25.1. The Morgan fingerprint density at radius 2 is 1.61 bits per heavy atom. The van der Waals surface area contributed by atoms with Crippen LogP contribution in [-0.4, -0.2) is 6.61 Å². The molecule has 0 saturated heterocycles. The third-order valence-electron chi connectivity index (χ3n) is 4.20. The van der Waals surface area contributed by atoms with E-state index in [4.69, 9.17) is 9.47 Å². The van der Waals surface area contributed by atoms with Crippen molar-refractivity contribution < 1.29 is 13.9 Å². The van der Waals surface area contributed by atoms with Crippen molar-refractivity contribution >= 4 is 6.08 Å². The van der Waals surface area contributed by atoms with Crippen molar-refractivity contribution in [2.24, 2.45) is 5.41 Å². The maximum Gasteiger partial charge on any atom is 0.127 e. The molecule has 0 heterocycles. The molecule has 0 atom stereocenters. The lowest BCUT2D eigenvalue weighted by Crippen LogP contribution is -2.16. The number of halogens is 1. The van der Waals surface area contributed by atoms with Gasteiger partial charge in [-0.25, -0.2) is 4.39 Å². The summed E-state index contributed by atoms with van der Waals surface area (Å²) in [6, 6.07) is 24.2. The molecule has 0 fully saturated rings. The van der Waals surface area contributed by atoms with Crippen LogP contribution < -0.4 is 4.74 Å². The van der Waals surface area contributed by atoms with Gasteiger partial charge in [-0.2, -0.15) is 0 Å². The van der Waals surface area contributed by atoms with Gasteiger partial charge >= 0.3 is 0 Å². The third kappa shape index (κ3) is 6.36. The Labute approximate surface area is 166 Å². The highest BCUT2D eigenvalue weighted by Gasteiger charge is 2.14. The minimum absolute atomic E-state index is 0.162. The van der Waals surface area contributed by atoms with E-state index in [-0.39, 0.29) is 11.2 Å². The smallest absolute Gasteiger partial charge is 0.127 e. The van der Waals surface area contributed by atoms with Gasteiger partial charge in [-0.05, 0) is 47.5 Å². The van der Waals surface area contributed by atoms with Gasteiger partial charge < -0.3 is 9.47 Å². The summed E-state index contributed by atoms with van der Waals surface area (Å²) in [4.78, 5) is 0. The minimum atomic E-state index is -0.228. The van der Waals surface area contributed by atoms with E-state index in [9.17, 15) is 4.39 Å². The number of hydrogen-bond acceptors (Lipinski definition) is 2. The van der Waals surface area contributed by atoms with Crippen molar-refractivity contribution in [3.63, 3.8) is 0 Å². The van der Waals surface area contributed by atoms with Crippen LogP contribution in [0.1, 0.15) is 25.0 Å². The number of para-hydroxylation sites is 1. The first-order chi connectivity index (χ1) is 13.5. The molecule has 28 heavy (non-hydrogen) atoms. The van der Waals surface area contributed by atoms with Crippen LogP contribution in [0.15, 0.2) is 84.9 Å². The fourth-order valence-corrected chi connectivity index (χ4v) is 2.74. The molecule has 2 nitrogen and oxygen atoms in total. The molecule has 0 spiro atoms. The van der Waals surface area contributed by atoms with Gasteiger partial charge in [0.15, 0.2) is 0 Å². The summed E-state index contributed by atoms with van der Waals surface area (Å²) >= 11 is 0. The van der Waals surface area contributed by atoms with Crippen LogP contribution in [0, 0.1) is 11.2 Å². The molecule has 3 aromatic rings. The summed E-state index contributed by atoms with van der Waals surface area (Å²) in [7, 11) is 0. The van der Waals surface area contributed by atoms with Crippen molar-refractivity contribution in [2.45, 2.75) is 20.5 Å². The molecule has 144 valence electrons. The third-order valence-corrected chi connectivity index (χ3v) is 4.20. The Kier molecular flexibility index (Phi) is 6.62. The molecule has 0 saturated carbocycles. The van der Waals surface area contributed by atoms with Crippen LogP contribution >= 0.6 is 0 Å². The van der Waals surface area contributed by atoms with Crippen molar-refractivity contribution in [1.82, 2.24) is 0 Å². The summed E-state index contributed by atoms with van der Waals surface area (Å²) in [5.41, 5.74) is 1.74. The summed E-state index contributed by atoms with van der Waals surface area (Å²) in [6.07, 6.45) is 3.98. The van der Waals surface area contributed by atoms with E-state index < -0.39 is 0 Å². The topological polar surface area (TPSA) is 18.5 Å². The molecule has 0 aliphatic carbocycles. The lowest BCUT2D eigenvalue weighted by molar-refractivity contribution is 0.0719. The van der Waals surface area contributed by atoms with E-state index in [2.05, 4.69) is 19.9 Å². The SMILES string of the molecule is CC(C)(C=Cc1cccc(F)c1)COCc1cccc(Oc2ccccc2)c1. The van der Waals surface area contributed by atoms with Crippen LogP contribution in [0.2, 0.25) is 0 Å². The fraction of sp³-hybridized carbons (Fsp3) is 0.200. The Morgan fingerprint density at radius 1 is 0.857 bits per heavy atom. The molecule has 0 aromatic heterocycles. The van der Waals surface area contributed by atoms with Crippen molar-refractivity contribution in [2.75, 3.05) is 6.61 Å². The zero-order valence-corrected chi connectivity index (χ0v) is 16.3. The Morgan fingerprint density at radius 3 is 2.39 bits per heavy atom. The normalized spacial score (nSPS) is 11.7. The maximum atomic E-state index is 13.3. The van der Waals surface area contributed by atoms with Gasteiger partial charge in [0, 0.05) is 5.41 Å². The molecule has 0 radical (unpaired) electrons. The van der Waals surface area contributed by atoms with Crippen molar-refractivity contribution in [3.05, 3.63) is 102 Å². The average molecular weight is 376 g/mol. The van der Waals surface area contributed by atoms with Gasteiger partial charge in [-0.3, -0.25) is 0 Å². The second-order valence-corrected chi connectivity index (χ2v) is 7.43. The maximum absolute atomic E-state index is 13.3. The minimum Gasteiger partial charge on any atom is -0.457 e. The first-order valence-electron chi connectivity index (χ1n) is 9.35. The molecule has 0 aliphatic rings. The van der Waals surface area contributed by atoms with E-state index in [0.29, 0.717) is 13.2 Å². The number of benzene rings is 3. The molecule has 0 aliphatic heterocycles. The van der Waals surface area contributed by atoms with E-state index >= 15 is 0 Å². The predicted molar refractivity (Wildman–Crippen MR) is 112 cm³/mol. The number of ether oxygens (including phenoxy) is 2. The largest absolute Gasteiger partial charge is 0.457 e. The van der Waals surface area contributed by atoms with Gasteiger partial charge in [0.25, 0.3) is 0 Å². The summed E-state index contributed by atoms with van der Waals surface area (Å²) in [5.74, 6) is 1.37. The summed E-state index contributed by atoms with van der Waals surface area (Å²) in [5, 5.41) is 0. The van der Waals surface area contributed by atoms with Gasteiger partial charge in [-0.1, -0.05) is 68.5 Å². The van der Waals surface area contributed by atoms with E-state index in [1.54, 1.807) is 6.07 Å². The lowest BCUT2D eigenvalue weighted by atomic mass is 9.93. The van der Waals surface area contributed by atoms with Crippen LogP contribution in [0.4, 0.5) is 4.39 Å². The number of rotatable bonds is 8. The van der Waals surface area contributed by atoms with Crippen LogP contribution in [0.5, 0.6) is 11.5 Å². The molecule has 3 heteroatoms. The quantitative estimate of drug-likeness (QED) is 0.427. The first kappa shape index (κ1) is 19.8. The molecule has 0 N–H and O–H groups in total. The molecule has 0 unspecified atom stereocenters. The van der Waals surface area contributed by atoms with Crippen molar-refractivity contribution in [3.8, 4) is 11.5 Å². The molecule has 3 aromatic carbocycles. The van der Waals surface area contributed by atoms with Crippen molar-refractivity contribution in [1.29, 1.82) is 0 Å². The van der Waals surface area contributed by atoms with E-state index in [1.165, 1.54) is 12.1 Å². The lowest BCUT2D eigenvalue weighted by Gasteiger charge is -2.20. The van der Waals surface area contributed by atoms with E-state index in [1.807, 2.05) is 66.7 Å². The zero-order valence-electron chi connectivity index (χ0n) is 16.3. The monoisotopic (exact) mass is 376 g/mol. The Bertz CT molecular complexity index is 917. The Balaban J connectivity index is 1.53. The summed E-state index contributed by atoms with van der Waals surface area (Å²) in [6.45, 7) is 5.25. The first-order valence-corrected chi connectivity index (χ1v) is 9.35. The standard InChI is InChI=1S/C25H25FO2/c1-25(2,15-14-20-8-6-10-22(26)16-20)19-27-18-21-9-7-13-24(17-21)28-23-11-4-3-5-12-23/h3-17H,18-19H2,1-2H3. The predicted octanol–water partition coefficient (Wildman–Crippen LogP) is 6.87. The molecule has 3 rings (SSSR count). The fourth-order valence-electron chi connectivity index (χ4n) is 2.74. The second-order valence-electron chi connectivity index (χ2n) is 7.43. The molecule has 0 bridgehead atoms. The highest BCUT2D eigenvalue weighted by molar-refractivity contribution is 5.49. The van der Waals surface area contributed by atoms with Crippen LogP contribution in [0.25, 0.3) is 6.08 Å². The van der Waals surface area contributed by atoms with Crippen LogP contribution in [0.3, 0.4) is 0 Å². The van der Waals surface area contributed by atoms with Gasteiger partial charge in [0.1, 0.15) is 17.3 Å². The van der Waals surface area contributed by atoms with Crippen LogP contribution in [-0.2, 0) is 11.3 Å². The van der Waals surface area contributed by atoms with Gasteiger partial charge in [0.05, 0.1) is 13.2 Å². The molecular weight excluding hydrogens is 351 g/mol. The van der Waals surface area contributed by atoms with Gasteiger partial charge in [0.2, 0.25) is 0 Å².